The Hall–Kier alpha value is -1.35. The molecular formula is C13H15F3N2S. The van der Waals surface area contributed by atoms with Gasteiger partial charge in [-0.15, -0.1) is 0 Å². The van der Waals surface area contributed by atoms with Crippen molar-refractivity contribution in [3.63, 3.8) is 0 Å². The zero-order chi connectivity index (χ0) is 14.3. The predicted molar refractivity (Wildman–Crippen MR) is 72.3 cm³/mol. The largest absolute Gasteiger partial charge is 0.416 e. The summed E-state index contributed by atoms with van der Waals surface area (Å²) >= 11 is 1.81. The summed E-state index contributed by atoms with van der Waals surface area (Å²) in [4.78, 5) is 0. The maximum Gasteiger partial charge on any atom is 0.416 e. The van der Waals surface area contributed by atoms with Gasteiger partial charge in [-0.2, -0.15) is 30.2 Å². The minimum absolute atomic E-state index is 0.0259. The number of benzene rings is 1. The first-order valence-corrected chi connectivity index (χ1v) is 7.07. The van der Waals surface area contributed by atoms with Gasteiger partial charge in [-0.05, 0) is 36.1 Å². The number of thioether (sulfide) groups is 1. The van der Waals surface area contributed by atoms with E-state index in [0.717, 1.165) is 30.1 Å². The van der Waals surface area contributed by atoms with Crippen LogP contribution in [0.3, 0.4) is 0 Å². The summed E-state index contributed by atoms with van der Waals surface area (Å²) in [5.41, 5.74) is -0.314. The summed E-state index contributed by atoms with van der Waals surface area (Å²) < 4.78 is 37.5. The smallest absolute Gasteiger partial charge is 0.384 e. The van der Waals surface area contributed by atoms with E-state index in [4.69, 9.17) is 5.26 Å². The third-order valence-corrected chi connectivity index (χ3v) is 3.44. The van der Waals surface area contributed by atoms with E-state index in [0.29, 0.717) is 12.2 Å². The second-order valence-corrected chi connectivity index (χ2v) is 5.24. The van der Waals surface area contributed by atoms with Crippen LogP contribution in [0.25, 0.3) is 0 Å². The van der Waals surface area contributed by atoms with Gasteiger partial charge >= 0.3 is 6.18 Å². The predicted octanol–water partition coefficient (Wildman–Crippen LogP) is 4.13. The molecule has 1 N–H and O–H groups in total. The fourth-order valence-corrected chi connectivity index (χ4v) is 2.15. The molecule has 104 valence electrons. The lowest BCUT2D eigenvalue weighted by Gasteiger charge is -2.11. The normalized spacial score (nSPS) is 11.1. The molecule has 2 nitrogen and oxygen atoms in total. The van der Waals surface area contributed by atoms with Crippen LogP contribution in [0, 0.1) is 11.3 Å². The molecule has 0 saturated heterocycles. The van der Waals surface area contributed by atoms with Crippen molar-refractivity contribution in [1.82, 2.24) is 0 Å². The molecule has 0 atom stereocenters. The Labute approximate surface area is 115 Å². The molecule has 0 aromatic heterocycles. The Kier molecular flexibility index (Phi) is 6.03. The molecule has 1 aromatic rings. The van der Waals surface area contributed by atoms with Crippen LogP contribution in [0.2, 0.25) is 0 Å². The topological polar surface area (TPSA) is 35.8 Å². The van der Waals surface area contributed by atoms with E-state index < -0.39 is 11.7 Å². The summed E-state index contributed by atoms with van der Waals surface area (Å²) in [5.74, 6) is 2.04. The number of hydrogen-bond donors (Lipinski definition) is 1. The van der Waals surface area contributed by atoms with Gasteiger partial charge in [-0.3, -0.25) is 0 Å². The van der Waals surface area contributed by atoms with E-state index in [-0.39, 0.29) is 5.56 Å². The van der Waals surface area contributed by atoms with Gasteiger partial charge in [0.1, 0.15) is 6.07 Å². The quantitative estimate of drug-likeness (QED) is 0.799. The number of anilines is 1. The zero-order valence-electron chi connectivity index (χ0n) is 10.5. The molecule has 0 spiro atoms. The van der Waals surface area contributed by atoms with Gasteiger partial charge in [0.15, 0.2) is 0 Å². The van der Waals surface area contributed by atoms with E-state index in [1.54, 1.807) is 17.8 Å². The van der Waals surface area contributed by atoms with E-state index in [9.17, 15) is 13.2 Å². The van der Waals surface area contributed by atoms with Crippen LogP contribution in [0.5, 0.6) is 0 Å². The number of nitrogens with one attached hydrogen (secondary N) is 1. The van der Waals surface area contributed by atoms with Crippen molar-refractivity contribution in [2.45, 2.75) is 19.5 Å². The third-order valence-electron chi connectivity index (χ3n) is 2.45. The van der Waals surface area contributed by atoms with Crippen molar-refractivity contribution in [3.05, 3.63) is 29.3 Å². The maximum atomic E-state index is 12.5. The summed E-state index contributed by atoms with van der Waals surface area (Å²) in [5, 5.41) is 11.9. The molecule has 0 aliphatic carbocycles. The number of halogens is 3. The molecule has 0 aliphatic rings. The standard InChI is InChI=1S/C13H15F3N2S/c1-2-19-7-3-6-18-12-5-4-11(13(14,15)16)8-10(12)9-17/h4-5,8,18H,2-3,6-7H2,1H3. The second-order valence-electron chi connectivity index (χ2n) is 3.85. The van der Waals surface area contributed by atoms with Crippen molar-refractivity contribution < 1.29 is 13.2 Å². The lowest BCUT2D eigenvalue weighted by molar-refractivity contribution is -0.137. The summed E-state index contributed by atoms with van der Waals surface area (Å²) in [6.07, 6.45) is -3.51. The first-order valence-electron chi connectivity index (χ1n) is 5.92. The van der Waals surface area contributed by atoms with Gasteiger partial charge < -0.3 is 5.32 Å². The van der Waals surface area contributed by atoms with Crippen molar-refractivity contribution in [1.29, 1.82) is 5.26 Å². The van der Waals surface area contributed by atoms with Crippen LogP contribution in [0.15, 0.2) is 18.2 Å². The molecule has 1 rings (SSSR count). The first-order chi connectivity index (χ1) is 8.99. The molecule has 0 saturated carbocycles. The molecule has 0 bridgehead atoms. The van der Waals surface area contributed by atoms with E-state index in [1.807, 2.05) is 0 Å². The molecule has 19 heavy (non-hydrogen) atoms. The molecule has 0 radical (unpaired) electrons. The lowest BCUT2D eigenvalue weighted by Crippen LogP contribution is -2.08. The van der Waals surface area contributed by atoms with Gasteiger partial charge in [0.25, 0.3) is 0 Å². The minimum atomic E-state index is -4.41. The molecule has 0 unspecified atom stereocenters. The number of nitrogens with zero attached hydrogens (tertiary/aromatic N) is 1. The fourth-order valence-electron chi connectivity index (χ4n) is 1.51. The highest BCUT2D eigenvalue weighted by atomic mass is 32.2. The fraction of sp³-hybridized carbons (Fsp3) is 0.462. The van der Waals surface area contributed by atoms with Crippen LogP contribution in [-0.2, 0) is 6.18 Å². The van der Waals surface area contributed by atoms with Crippen LogP contribution in [-0.4, -0.2) is 18.1 Å². The van der Waals surface area contributed by atoms with Gasteiger partial charge in [0.2, 0.25) is 0 Å². The molecule has 1 aromatic carbocycles. The molecular weight excluding hydrogens is 273 g/mol. The van der Waals surface area contributed by atoms with E-state index in [2.05, 4.69) is 12.2 Å². The summed E-state index contributed by atoms with van der Waals surface area (Å²) in [6.45, 7) is 2.72. The Morgan fingerprint density at radius 3 is 2.68 bits per heavy atom. The molecule has 0 fully saturated rings. The average Bonchev–Trinajstić information content (AvgIpc) is 2.37. The zero-order valence-corrected chi connectivity index (χ0v) is 11.4. The van der Waals surface area contributed by atoms with E-state index in [1.165, 1.54) is 6.07 Å². The Morgan fingerprint density at radius 2 is 2.11 bits per heavy atom. The number of rotatable bonds is 6. The number of nitriles is 1. The monoisotopic (exact) mass is 288 g/mol. The average molecular weight is 288 g/mol. The van der Waals surface area contributed by atoms with Crippen molar-refractivity contribution in [3.8, 4) is 6.07 Å². The first kappa shape index (κ1) is 15.7. The van der Waals surface area contributed by atoms with Crippen molar-refractivity contribution >= 4 is 17.4 Å². The highest BCUT2D eigenvalue weighted by Gasteiger charge is 2.30. The van der Waals surface area contributed by atoms with Gasteiger partial charge in [-0.1, -0.05) is 6.92 Å². The maximum absolute atomic E-state index is 12.5. The third kappa shape index (κ3) is 5.03. The second kappa shape index (κ2) is 7.29. The molecule has 0 amide bonds. The van der Waals surface area contributed by atoms with Crippen LogP contribution in [0.4, 0.5) is 18.9 Å². The van der Waals surface area contributed by atoms with E-state index >= 15 is 0 Å². The lowest BCUT2D eigenvalue weighted by atomic mass is 10.1. The number of alkyl halides is 3. The van der Waals surface area contributed by atoms with Crippen LogP contribution >= 0.6 is 11.8 Å². The molecule has 6 heteroatoms. The van der Waals surface area contributed by atoms with Crippen molar-refractivity contribution in [2.24, 2.45) is 0 Å². The van der Waals surface area contributed by atoms with Crippen molar-refractivity contribution in [2.75, 3.05) is 23.4 Å². The highest BCUT2D eigenvalue weighted by molar-refractivity contribution is 7.99. The number of hydrogen-bond acceptors (Lipinski definition) is 3. The van der Waals surface area contributed by atoms with Gasteiger partial charge in [-0.25, -0.2) is 0 Å². The van der Waals surface area contributed by atoms with Crippen LogP contribution < -0.4 is 5.32 Å². The Bertz CT molecular complexity index is 452. The van der Waals surface area contributed by atoms with Gasteiger partial charge in [0.05, 0.1) is 16.8 Å². The Balaban J connectivity index is 2.67. The SMILES string of the molecule is CCSCCCNc1ccc(C(F)(F)F)cc1C#N. The highest BCUT2D eigenvalue weighted by Crippen LogP contribution is 2.31. The summed E-state index contributed by atoms with van der Waals surface area (Å²) in [7, 11) is 0. The molecule has 0 aliphatic heterocycles. The Morgan fingerprint density at radius 1 is 1.37 bits per heavy atom. The van der Waals surface area contributed by atoms with Gasteiger partial charge in [0, 0.05) is 6.54 Å². The minimum Gasteiger partial charge on any atom is -0.384 e. The van der Waals surface area contributed by atoms with Crippen LogP contribution in [0.1, 0.15) is 24.5 Å². The summed E-state index contributed by atoms with van der Waals surface area (Å²) in [6, 6.07) is 4.97. The molecule has 0 heterocycles.